The van der Waals surface area contributed by atoms with Crippen molar-refractivity contribution in [2.45, 2.75) is 13.0 Å². The molecule has 1 aromatic rings. The fourth-order valence-corrected chi connectivity index (χ4v) is 2.65. The van der Waals surface area contributed by atoms with Crippen LogP contribution in [0.15, 0.2) is 18.2 Å². The van der Waals surface area contributed by atoms with Crippen LogP contribution in [-0.2, 0) is 11.3 Å². The minimum atomic E-state index is 0.158. The van der Waals surface area contributed by atoms with E-state index < -0.39 is 0 Å². The number of ether oxygens (including phenoxy) is 2. The van der Waals surface area contributed by atoms with Crippen LogP contribution in [0, 0.1) is 0 Å². The summed E-state index contributed by atoms with van der Waals surface area (Å²) < 4.78 is 10.6. The highest BCUT2D eigenvalue weighted by atomic mass is 16.5. The average molecular weight is 307 g/mol. The van der Waals surface area contributed by atoms with Gasteiger partial charge in [0.1, 0.15) is 11.5 Å². The highest BCUT2D eigenvalue weighted by molar-refractivity contribution is 5.76. The molecule has 0 unspecified atom stereocenters. The Hall–Kier alpha value is -1.79. The molecule has 122 valence electrons. The first-order valence-electron chi connectivity index (χ1n) is 7.58. The van der Waals surface area contributed by atoms with E-state index in [0.717, 1.165) is 49.8 Å². The van der Waals surface area contributed by atoms with E-state index in [0.29, 0.717) is 13.0 Å². The van der Waals surface area contributed by atoms with Crippen LogP contribution >= 0.6 is 0 Å². The van der Waals surface area contributed by atoms with Gasteiger partial charge >= 0.3 is 0 Å². The molecule has 6 heteroatoms. The molecule has 2 rings (SSSR count). The van der Waals surface area contributed by atoms with Crippen LogP contribution in [0.4, 0.5) is 0 Å². The Morgan fingerprint density at radius 2 is 1.68 bits per heavy atom. The molecule has 0 spiro atoms. The van der Waals surface area contributed by atoms with E-state index in [1.165, 1.54) is 0 Å². The van der Waals surface area contributed by atoms with Crippen LogP contribution in [0.5, 0.6) is 11.5 Å². The summed E-state index contributed by atoms with van der Waals surface area (Å²) in [5.74, 6) is 1.75. The summed E-state index contributed by atoms with van der Waals surface area (Å²) in [5.41, 5.74) is 6.59. The van der Waals surface area contributed by atoms with Gasteiger partial charge in [-0.1, -0.05) is 0 Å². The molecule has 1 aliphatic heterocycles. The van der Waals surface area contributed by atoms with E-state index in [9.17, 15) is 4.79 Å². The van der Waals surface area contributed by atoms with Crippen LogP contribution in [0.25, 0.3) is 0 Å². The van der Waals surface area contributed by atoms with Crippen LogP contribution in [-0.4, -0.2) is 62.7 Å². The lowest BCUT2D eigenvalue weighted by Crippen LogP contribution is -2.48. The zero-order valence-corrected chi connectivity index (χ0v) is 13.4. The minimum absolute atomic E-state index is 0.158. The molecular weight excluding hydrogens is 282 g/mol. The fraction of sp³-hybridized carbons (Fsp3) is 0.562. The molecule has 0 aliphatic carbocycles. The normalized spacial score (nSPS) is 15.7. The largest absolute Gasteiger partial charge is 0.497 e. The highest BCUT2D eigenvalue weighted by Gasteiger charge is 2.20. The van der Waals surface area contributed by atoms with E-state index >= 15 is 0 Å². The molecule has 0 aromatic heterocycles. The van der Waals surface area contributed by atoms with Crippen molar-refractivity contribution in [2.75, 3.05) is 46.9 Å². The number of rotatable bonds is 6. The number of methoxy groups -OCH3 is 2. The number of nitrogens with zero attached hydrogens (tertiary/aromatic N) is 2. The first-order chi connectivity index (χ1) is 10.7. The number of benzene rings is 1. The molecule has 1 fully saturated rings. The van der Waals surface area contributed by atoms with Crippen molar-refractivity contribution in [3.05, 3.63) is 23.8 Å². The van der Waals surface area contributed by atoms with Gasteiger partial charge in [0.15, 0.2) is 0 Å². The van der Waals surface area contributed by atoms with Crippen LogP contribution in [0.2, 0.25) is 0 Å². The van der Waals surface area contributed by atoms with E-state index in [-0.39, 0.29) is 5.91 Å². The van der Waals surface area contributed by atoms with Gasteiger partial charge in [-0.05, 0) is 17.7 Å². The van der Waals surface area contributed by atoms with Gasteiger partial charge in [0.05, 0.1) is 14.2 Å². The zero-order valence-electron chi connectivity index (χ0n) is 13.4. The quantitative estimate of drug-likeness (QED) is 0.838. The average Bonchev–Trinajstić information content (AvgIpc) is 2.55. The van der Waals surface area contributed by atoms with Gasteiger partial charge in [0.25, 0.3) is 0 Å². The second-order valence-electron chi connectivity index (χ2n) is 5.42. The third-order valence-corrected chi connectivity index (χ3v) is 3.90. The fourth-order valence-electron chi connectivity index (χ4n) is 2.65. The lowest BCUT2D eigenvalue weighted by Gasteiger charge is -2.34. The minimum Gasteiger partial charge on any atom is -0.497 e. The predicted octanol–water partition coefficient (Wildman–Crippen LogP) is 0.697. The zero-order chi connectivity index (χ0) is 15.9. The third kappa shape index (κ3) is 4.35. The Labute approximate surface area is 131 Å². The van der Waals surface area contributed by atoms with Crippen LogP contribution in [0.3, 0.4) is 0 Å². The number of amides is 1. The Kier molecular flexibility index (Phi) is 6.03. The Morgan fingerprint density at radius 3 is 2.18 bits per heavy atom. The van der Waals surface area contributed by atoms with Crippen molar-refractivity contribution in [1.29, 1.82) is 0 Å². The monoisotopic (exact) mass is 307 g/mol. The number of carbonyl (C=O) groups is 1. The summed E-state index contributed by atoms with van der Waals surface area (Å²) in [4.78, 5) is 16.1. The molecule has 1 aliphatic rings. The maximum atomic E-state index is 11.8. The summed E-state index contributed by atoms with van der Waals surface area (Å²) in [5, 5.41) is 0. The standard InChI is InChI=1S/C16H25N3O3/c1-21-14-9-13(10-15(11-14)22-2)12-18-5-7-19(8-6-18)16(20)3-4-17/h9-11H,3-8,12,17H2,1-2H3. The molecule has 6 nitrogen and oxygen atoms in total. The van der Waals surface area contributed by atoms with Crippen molar-refractivity contribution in [3.8, 4) is 11.5 Å². The maximum Gasteiger partial charge on any atom is 0.223 e. The number of carbonyl (C=O) groups excluding carboxylic acids is 1. The number of piperazine rings is 1. The van der Waals surface area contributed by atoms with Crippen molar-refractivity contribution < 1.29 is 14.3 Å². The van der Waals surface area contributed by atoms with E-state index in [2.05, 4.69) is 4.90 Å². The number of hydrogen-bond donors (Lipinski definition) is 1. The van der Waals surface area contributed by atoms with E-state index in [4.69, 9.17) is 15.2 Å². The van der Waals surface area contributed by atoms with Crippen molar-refractivity contribution in [1.82, 2.24) is 9.80 Å². The van der Waals surface area contributed by atoms with Gasteiger partial charge in [-0.3, -0.25) is 9.69 Å². The summed E-state index contributed by atoms with van der Waals surface area (Å²) in [6.45, 7) is 4.51. The lowest BCUT2D eigenvalue weighted by atomic mass is 10.1. The van der Waals surface area contributed by atoms with Gasteiger partial charge in [-0.15, -0.1) is 0 Å². The van der Waals surface area contributed by atoms with Gasteiger partial charge in [-0.25, -0.2) is 0 Å². The number of nitrogens with two attached hydrogens (primary N) is 1. The maximum absolute atomic E-state index is 11.8. The molecule has 22 heavy (non-hydrogen) atoms. The SMILES string of the molecule is COc1cc(CN2CCN(C(=O)CCN)CC2)cc(OC)c1. The van der Waals surface area contributed by atoms with Crippen LogP contribution < -0.4 is 15.2 Å². The van der Waals surface area contributed by atoms with Gasteiger partial charge in [-0.2, -0.15) is 0 Å². The molecule has 0 atom stereocenters. The summed E-state index contributed by atoms with van der Waals surface area (Å²) in [6.07, 6.45) is 0.438. The first kappa shape index (κ1) is 16.6. The molecule has 1 amide bonds. The van der Waals surface area contributed by atoms with Gasteiger partial charge in [0, 0.05) is 51.8 Å². The highest BCUT2D eigenvalue weighted by Crippen LogP contribution is 2.23. The predicted molar refractivity (Wildman–Crippen MR) is 85.1 cm³/mol. The van der Waals surface area contributed by atoms with Crippen LogP contribution in [0.1, 0.15) is 12.0 Å². The topological polar surface area (TPSA) is 68.0 Å². The van der Waals surface area contributed by atoms with Gasteiger partial charge in [0.2, 0.25) is 5.91 Å². The molecule has 1 saturated heterocycles. The van der Waals surface area contributed by atoms with Crippen molar-refractivity contribution in [2.24, 2.45) is 5.73 Å². The van der Waals surface area contributed by atoms with E-state index in [1.54, 1.807) is 14.2 Å². The molecule has 0 bridgehead atoms. The number of hydrogen-bond acceptors (Lipinski definition) is 5. The molecule has 0 radical (unpaired) electrons. The second kappa shape index (κ2) is 8.00. The van der Waals surface area contributed by atoms with Gasteiger partial charge < -0.3 is 20.1 Å². The molecule has 2 N–H and O–H groups in total. The smallest absolute Gasteiger partial charge is 0.223 e. The van der Waals surface area contributed by atoms with Crippen molar-refractivity contribution >= 4 is 5.91 Å². The van der Waals surface area contributed by atoms with E-state index in [1.807, 2.05) is 23.1 Å². The molecule has 0 saturated carbocycles. The summed E-state index contributed by atoms with van der Waals surface area (Å²) >= 11 is 0. The molecule has 1 heterocycles. The summed E-state index contributed by atoms with van der Waals surface area (Å²) in [6, 6.07) is 5.91. The second-order valence-corrected chi connectivity index (χ2v) is 5.42. The Morgan fingerprint density at radius 1 is 1.09 bits per heavy atom. The Bertz CT molecular complexity index is 477. The molecule has 1 aromatic carbocycles. The summed E-state index contributed by atoms with van der Waals surface area (Å²) in [7, 11) is 3.31. The Balaban J connectivity index is 1.92. The third-order valence-electron chi connectivity index (χ3n) is 3.90. The van der Waals surface area contributed by atoms with Crippen molar-refractivity contribution in [3.63, 3.8) is 0 Å². The lowest BCUT2D eigenvalue weighted by molar-refractivity contribution is -0.132. The first-order valence-corrected chi connectivity index (χ1v) is 7.58. The molecular formula is C16H25N3O3.